The lowest BCUT2D eigenvalue weighted by molar-refractivity contribution is -0.118. The summed E-state index contributed by atoms with van der Waals surface area (Å²) in [6.07, 6.45) is 2.67. The molecule has 2 N–H and O–H groups in total. The summed E-state index contributed by atoms with van der Waals surface area (Å²) in [4.78, 5) is 10.6. The fourth-order valence-corrected chi connectivity index (χ4v) is 1.40. The van der Waals surface area contributed by atoms with Crippen molar-refractivity contribution in [3.05, 3.63) is 0 Å². The molecule has 1 amide bonds. The molecule has 1 aliphatic rings. The van der Waals surface area contributed by atoms with Gasteiger partial charge in [-0.3, -0.25) is 4.79 Å². The molecule has 3 heteroatoms. The smallest absolute Gasteiger partial charge is 0.216 e. The Labute approximate surface area is 80.3 Å². The number of rotatable bonds is 5. The van der Waals surface area contributed by atoms with E-state index in [9.17, 15) is 4.79 Å². The van der Waals surface area contributed by atoms with E-state index < -0.39 is 0 Å². The van der Waals surface area contributed by atoms with E-state index in [1.165, 1.54) is 12.8 Å². The molecule has 1 atom stereocenters. The average molecular weight is 184 g/mol. The third-order valence-electron chi connectivity index (χ3n) is 3.03. The maximum absolute atomic E-state index is 10.6. The standard InChI is InChI=1S/C10H20N2O/c1-8(10(3)4-5-10)11-6-7-12-9(2)13/h8,11H,4-7H2,1-3H3,(H,12,13). The van der Waals surface area contributed by atoms with Crippen molar-refractivity contribution in [2.24, 2.45) is 5.41 Å². The van der Waals surface area contributed by atoms with Gasteiger partial charge in [0.1, 0.15) is 0 Å². The maximum atomic E-state index is 10.6. The van der Waals surface area contributed by atoms with Crippen molar-refractivity contribution in [2.45, 2.75) is 39.7 Å². The van der Waals surface area contributed by atoms with E-state index in [4.69, 9.17) is 0 Å². The van der Waals surface area contributed by atoms with Crippen LogP contribution in [-0.4, -0.2) is 25.0 Å². The molecule has 1 rings (SSSR count). The summed E-state index contributed by atoms with van der Waals surface area (Å²) in [5, 5.41) is 6.20. The summed E-state index contributed by atoms with van der Waals surface area (Å²) >= 11 is 0. The van der Waals surface area contributed by atoms with Gasteiger partial charge in [0.2, 0.25) is 5.91 Å². The Morgan fingerprint density at radius 1 is 1.46 bits per heavy atom. The minimum atomic E-state index is 0.0482. The first-order chi connectivity index (χ1) is 6.04. The van der Waals surface area contributed by atoms with Crippen molar-refractivity contribution in [1.29, 1.82) is 0 Å². The van der Waals surface area contributed by atoms with Gasteiger partial charge in [0.05, 0.1) is 0 Å². The quantitative estimate of drug-likeness (QED) is 0.623. The zero-order valence-electron chi connectivity index (χ0n) is 8.81. The van der Waals surface area contributed by atoms with E-state index in [0.29, 0.717) is 11.5 Å². The summed E-state index contributed by atoms with van der Waals surface area (Å²) in [5.41, 5.74) is 0.524. The van der Waals surface area contributed by atoms with Crippen LogP contribution < -0.4 is 10.6 Å². The monoisotopic (exact) mass is 184 g/mol. The van der Waals surface area contributed by atoms with Crippen LogP contribution in [0, 0.1) is 5.41 Å². The minimum absolute atomic E-state index is 0.0482. The predicted octanol–water partition coefficient (Wildman–Crippen LogP) is 0.901. The lowest BCUT2D eigenvalue weighted by Gasteiger charge is -2.20. The van der Waals surface area contributed by atoms with Crippen LogP contribution in [0.15, 0.2) is 0 Å². The van der Waals surface area contributed by atoms with E-state index in [1.807, 2.05) is 0 Å². The molecule has 13 heavy (non-hydrogen) atoms. The summed E-state index contributed by atoms with van der Waals surface area (Å²) in [6, 6.07) is 0.571. The molecule has 0 bridgehead atoms. The Hall–Kier alpha value is -0.570. The first kappa shape index (κ1) is 10.5. The van der Waals surface area contributed by atoms with Crippen molar-refractivity contribution in [3.8, 4) is 0 Å². The van der Waals surface area contributed by atoms with Crippen molar-refractivity contribution in [2.75, 3.05) is 13.1 Å². The van der Waals surface area contributed by atoms with Crippen LogP contribution in [0.4, 0.5) is 0 Å². The molecule has 0 saturated heterocycles. The maximum Gasteiger partial charge on any atom is 0.216 e. The first-order valence-corrected chi connectivity index (χ1v) is 5.02. The second-order valence-corrected chi connectivity index (χ2v) is 4.31. The number of hydrogen-bond donors (Lipinski definition) is 2. The van der Waals surface area contributed by atoms with Gasteiger partial charge < -0.3 is 10.6 Å². The Kier molecular flexibility index (Phi) is 3.31. The number of carbonyl (C=O) groups is 1. The van der Waals surface area contributed by atoms with Gasteiger partial charge in [-0.25, -0.2) is 0 Å². The molecule has 0 aromatic rings. The van der Waals surface area contributed by atoms with Gasteiger partial charge in [0.25, 0.3) is 0 Å². The molecular formula is C10H20N2O. The molecule has 0 spiro atoms. The SMILES string of the molecule is CC(=O)NCCNC(C)C1(C)CC1. The molecular weight excluding hydrogens is 164 g/mol. The number of nitrogens with one attached hydrogen (secondary N) is 2. The zero-order valence-corrected chi connectivity index (χ0v) is 8.81. The fraction of sp³-hybridized carbons (Fsp3) is 0.900. The Morgan fingerprint density at radius 2 is 2.08 bits per heavy atom. The molecule has 0 aromatic heterocycles. The van der Waals surface area contributed by atoms with E-state index in [1.54, 1.807) is 6.92 Å². The predicted molar refractivity (Wildman–Crippen MR) is 53.5 cm³/mol. The fourth-order valence-electron chi connectivity index (χ4n) is 1.40. The van der Waals surface area contributed by atoms with Crippen molar-refractivity contribution in [3.63, 3.8) is 0 Å². The molecule has 0 radical (unpaired) electrons. The normalized spacial score (nSPS) is 20.8. The molecule has 76 valence electrons. The molecule has 1 aliphatic carbocycles. The number of carbonyl (C=O) groups excluding carboxylic acids is 1. The Morgan fingerprint density at radius 3 is 2.54 bits per heavy atom. The molecule has 0 aliphatic heterocycles. The molecule has 3 nitrogen and oxygen atoms in total. The summed E-state index contributed by atoms with van der Waals surface area (Å²) in [6.45, 7) is 7.68. The van der Waals surface area contributed by atoms with Crippen molar-refractivity contribution < 1.29 is 4.79 Å². The van der Waals surface area contributed by atoms with E-state index >= 15 is 0 Å². The first-order valence-electron chi connectivity index (χ1n) is 5.02. The highest BCUT2D eigenvalue weighted by Gasteiger charge is 2.41. The number of amides is 1. The van der Waals surface area contributed by atoms with Crippen LogP contribution in [-0.2, 0) is 4.79 Å². The van der Waals surface area contributed by atoms with Gasteiger partial charge in [0, 0.05) is 26.1 Å². The summed E-state index contributed by atoms with van der Waals surface area (Å²) in [5.74, 6) is 0.0482. The van der Waals surface area contributed by atoms with E-state index in [-0.39, 0.29) is 5.91 Å². The highest BCUT2D eigenvalue weighted by Crippen LogP contribution is 2.47. The second-order valence-electron chi connectivity index (χ2n) is 4.31. The van der Waals surface area contributed by atoms with Gasteiger partial charge in [-0.1, -0.05) is 6.92 Å². The lowest BCUT2D eigenvalue weighted by Crippen LogP contribution is -2.38. The van der Waals surface area contributed by atoms with Crippen LogP contribution in [0.25, 0.3) is 0 Å². The largest absolute Gasteiger partial charge is 0.355 e. The highest BCUT2D eigenvalue weighted by atomic mass is 16.1. The van der Waals surface area contributed by atoms with Crippen LogP contribution in [0.3, 0.4) is 0 Å². The second kappa shape index (κ2) is 4.09. The molecule has 0 heterocycles. The van der Waals surface area contributed by atoms with E-state index in [2.05, 4.69) is 24.5 Å². The zero-order chi connectivity index (χ0) is 9.90. The Balaban J connectivity index is 2.02. The number of hydrogen-bond acceptors (Lipinski definition) is 2. The summed E-state index contributed by atoms with van der Waals surface area (Å²) < 4.78 is 0. The Bertz CT molecular complexity index is 187. The van der Waals surface area contributed by atoms with Crippen molar-refractivity contribution >= 4 is 5.91 Å². The summed E-state index contributed by atoms with van der Waals surface area (Å²) in [7, 11) is 0. The third kappa shape index (κ3) is 3.35. The molecule has 0 aromatic carbocycles. The van der Waals surface area contributed by atoms with Crippen LogP contribution in [0.2, 0.25) is 0 Å². The molecule has 1 unspecified atom stereocenters. The lowest BCUT2D eigenvalue weighted by atomic mass is 10.0. The van der Waals surface area contributed by atoms with Crippen LogP contribution in [0.1, 0.15) is 33.6 Å². The van der Waals surface area contributed by atoms with E-state index in [0.717, 1.165) is 13.1 Å². The molecule has 1 saturated carbocycles. The minimum Gasteiger partial charge on any atom is -0.355 e. The van der Waals surface area contributed by atoms with Crippen LogP contribution in [0.5, 0.6) is 0 Å². The van der Waals surface area contributed by atoms with Crippen molar-refractivity contribution in [1.82, 2.24) is 10.6 Å². The van der Waals surface area contributed by atoms with Gasteiger partial charge in [0.15, 0.2) is 0 Å². The topological polar surface area (TPSA) is 41.1 Å². The van der Waals surface area contributed by atoms with Gasteiger partial charge in [-0.05, 0) is 25.2 Å². The van der Waals surface area contributed by atoms with Gasteiger partial charge in [-0.15, -0.1) is 0 Å². The third-order valence-corrected chi connectivity index (χ3v) is 3.03. The van der Waals surface area contributed by atoms with Gasteiger partial charge >= 0.3 is 0 Å². The average Bonchev–Trinajstić information content (AvgIpc) is 2.78. The van der Waals surface area contributed by atoms with Gasteiger partial charge in [-0.2, -0.15) is 0 Å². The highest BCUT2D eigenvalue weighted by molar-refractivity contribution is 5.72. The molecule has 1 fully saturated rings. The van der Waals surface area contributed by atoms with Crippen LogP contribution >= 0.6 is 0 Å².